The van der Waals surface area contributed by atoms with Crippen LogP contribution in [0.1, 0.15) is 11.4 Å². The first kappa shape index (κ1) is 11.7. The predicted molar refractivity (Wildman–Crippen MR) is 71.6 cm³/mol. The summed E-state index contributed by atoms with van der Waals surface area (Å²) in [7, 11) is 0. The molecule has 96 valence electrons. The van der Waals surface area contributed by atoms with Gasteiger partial charge in [-0.3, -0.25) is 0 Å². The summed E-state index contributed by atoms with van der Waals surface area (Å²) >= 11 is 0. The van der Waals surface area contributed by atoms with E-state index in [4.69, 9.17) is 4.74 Å². The van der Waals surface area contributed by atoms with E-state index in [0.717, 1.165) is 28.2 Å². The van der Waals surface area contributed by atoms with E-state index < -0.39 is 0 Å². The number of ether oxygens (including phenoxy) is 1. The number of fused-ring (bicyclic) bond motifs is 1. The maximum atomic E-state index is 13.0. The number of rotatable bonds is 3. The zero-order chi connectivity index (χ0) is 13.2. The maximum Gasteiger partial charge on any atom is 0.123 e. The summed E-state index contributed by atoms with van der Waals surface area (Å²) in [6.07, 6.45) is 0. The van der Waals surface area contributed by atoms with E-state index in [0.29, 0.717) is 6.61 Å². The van der Waals surface area contributed by atoms with Crippen molar-refractivity contribution in [2.75, 3.05) is 0 Å². The molecule has 0 unspecified atom stereocenters. The van der Waals surface area contributed by atoms with Crippen molar-refractivity contribution in [3.63, 3.8) is 0 Å². The first-order valence-corrected chi connectivity index (χ1v) is 6.04. The second-order valence-electron chi connectivity index (χ2n) is 4.42. The molecule has 0 aliphatic rings. The molecule has 2 aromatic carbocycles. The van der Waals surface area contributed by atoms with E-state index in [1.54, 1.807) is 6.07 Å². The molecule has 0 aliphatic carbocycles. The van der Waals surface area contributed by atoms with Crippen molar-refractivity contribution in [3.05, 3.63) is 59.7 Å². The molecule has 0 atom stereocenters. The summed E-state index contributed by atoms with van der Waals surface area (Å²) in [5.74, 6) is 1.36. The molecule has 4 heteroatoms. The van der Waals surface area contributed by atoms with Gasteiger partial charge in [0.2, 0.25) is 0 Å². The SMILES string of the molecule is Cc1nc2ccc(OCc3cccc(F)c3)cc2[nH]1. The van der Waals surface area contributed by atoms with Gasteiger partial charge in [0.25, 0.3) is 0 Å². The van der Waals surface area contributed by atoms with Gasteiger partial charge in [-0.1, -0.05) is 12.1 Å². The minimum atomic E-state index is -0.249. The molecule has 0 amide bonds. The van der Waals surface area contributed by atoms with Crippen LogP contribution in [0.2, 0.25) is 0 Å². The highest BCUT2D eigenvalue weighted by Gasteiger charge is 2.02. The molecule has 0 saturated carbocycles. The molecule has 19 heavy (non-hydrogen) atoms. The van der Waals surface area contributed by atoms with Gasteiger partial charge in [-0.25, -0.2) is 9.37 Å². The smallest absolute Gasteiger partial charge is 0.123 e. The molecule has 3 nitrogen and oxygen atoms in total. The topological polar surface area (TPSA) is 37.9 Å². The molecule has 0 fully saturated rings. The number of aromatic amines is 1. The number of hydrogen-bond donors (Lipinski definition) is 1. The van der Waals surface area contributed by atoms with Crippen LogP contribution in [0.3, 0.4) is 0 Å². The number of nitrogens with zero attached hydrogens (tertiary/aromatic N) is 1. The van der Waals surface area contributed by atoms with Crippen molar-refractivity contribution in [2.24, 2.45) is 0 Å². The van der Waals surface area contributed by atoms with Crippen molar-refractivity contribution < 1.29 is 9.13 Å². The largest absolute Gasteiger partial charge is 0.489 e. The van der Waals surface area contributed by atoms with Gasteiger partial charge in [-0.2, -0.15) is 0 Å². The van der Waals surface area contributed by atoms with E-state index in [1.807, 2.05) is 31.2 Å². The number of aryl methyl sites for hydroxylation is 1. The van der Waals surface area contributed by atoms with Crippen LogP contribution in [-0.4, -0.2) is 9.97 Å². The molecule has 1 N–H and O–H groups in total. The number of H-pyrrole nitrogens is 1. The molecule has 0 aliphatic heterocycles. The highest BCUT2D eigenvalue weighted by molar-refractivity contribution is 5.76. The third-order valence-corrected chi connectivity index (χ3v) is 2.87. The van der Waals surface area contributed by atoms with Crippen LogP contribution < -0.4 is 4.74 Å². The Kier molecular flexibility index (Phi) is 2.91. The normalized spacial score (nSPS) is 10.8. The third kappa shape index (κ3) is 2.57. The number of benzene rings is 2. The quantitative estimate of drug-likeness (QED) is 0.777. The van der Waals surface area contributed by atoms with Crippen LogP contribution in [0.25, 0.3) is 11.0 Å². The zero-order valence-electron chi connectivity index (χ0n) is 10.5. The average Bonchev–Trinajstić information content (AvgIpc) is 2.75. The third-order valence-electron chi connectivity index (χ3n) is 2.87. The summed E-state index contributed by atoms with van der Waals surface area (Å²) < 4.78 is 18.7. The highest BCUT2D eigenvalue weighted by Crippen LogP contribution is 2.20. The Hall–Kier alpha value is -2.36. The Morgan fingerprint density at radius 1 is 1.21 bits per heavy atom. The second-order valence-corrected chi connectivity index (χ2v) is 4.42. The number of nitrogens with one attached hydrogen (secondary N) is 1. The number of hydrogen-bond acceptors (Lipinski definition) is 2. The summed E-state index contributed by atoms with van der Waals surface area (Å²) in [5.41, 5.74) is 2.66. The van der Waals surface area contributed by atoms with Crippen LogP contribution in [-0.2, 0) is 6.61 Å². The lowest BCUT2D eigenvalue weighted by molar-refractivity contribution is 0.306. The van der Waals surface area contributed by atoms with Crippen LogP contribution in [0.4, 0.5) is 4.39 Å². The Balaban J connectivity index is 1.78. The molecular formula is C15H13FN2O. The number of halogens is 1. The lowest BCUT2D eigenvalue weighted by Crippen LogP contribution is -1.95. The minimum Gasteiger partial charge on any atom is -0.489 e. The van der Waals surface area contributed by atoms with Gasteiger partial charge in [0, 0.05) is 6.07 Å². The monoisotopic (exact) mass is 256 g/mol. The van der Waals surface area contributed by atoms with Crippen molar-refractivity contribution in [3.8, 4) is 5.75 Å². The van der Waals surface area contributed by atoms with Gasteiger partial charge in [-0.05, 0) is 36.8 Å². The lowest BCUT2D eigenvalue weighted by Gasteiger charge is -2.06. The fourth-order valence-electron chi connectivity index (χ4n) is 2.00. The molecular weight excluding hydrogens is 243 g/mol. The number of aromatic nitrogens is 2. The number of imidazole rings is 1. The molecule has 1 aromatic heterocycles. The second kappa shape index (κ2) is 4.72. The summed E-state index contributed by atoms with van der Waals surface area (Å²) in [6.45, 7) is 2.25. The molecule has 0 bridgehead atoms. The van der Waals surface area contributed by atoms with Crippen molar-refractivity contribution in [1.29, 1.82) is 0 Å². The fraction of sp³-hybridized carbons (Fsp3) is 0.133. The lowest BCUT2D eigenvalue weighted by atomic mass is 10.2. The summed E-state index contributed by atoms with van der Waals surface area (Å²) in [6, 6.07) is 12.1. The first-order valence-electron chi connectivity index (χ1n) is 6.04. The average molecular weight is 256 g/mol. The Bertz CT molecular complexity index is 721. The van der Waals surface area contributed by atoms with E-state index in [-0.39, 0.29) is 5.82 Å². The van der Waals surface area contributed by atoms with Gasteiger partial charge in [0.05, 0.1) is 11.0 Å². The van der Waals surface area contributed by atoms with Crippen molar-refractivity contribution in [1.82, 2.24) is 9.97 Å². The molecule has 0 saturated heterocycles. The molecule has 1 heterocycles. The van der Waals surface area contributed by atoms with Gasteiger partial charge in [0.15, 0.2) is 0 Å². The van der Waals surface area contributed by atoms with Crippen LogP contribution >= 0.6 is 0 Å². The van der Waals surface area contributed by atoms with Crippen molar-refractivity contribution >= 4 is 11.0 Å². The standard InChI is InChI=1S/C15H13FN2O/c1-10-17-14-6-5-13(8-15(14)18-10)19-9-11-3-2-4-12(16)7-11/h2-8H,9H2,1H3,(H,17,18). The highest BCUT2D eigenvalue weighted by atomic mass is 19.1. The Labute approximate surface area is 110 Å². The molecule has 0 radical (unpaired) electrons. The molecule has 3 rings (SSSR count). The van der Waals surface area contributed by atoms with E-state index in [2.05, 4.69) is 9.97 Å². The van der Waals surface area contributed by atoms with E-state index in [9.17, 15) is 4.39 Å². The summed E-state index contributed by atoms with van der Waals surface area (Å²) in [5, 5.41) is 0. The predicted octanol–water partition coefficient (Wildman–Crippen LogP) is 3.59. The van der Waals surface area contributed by atoms with Crippen molar-refractivity contribution in [2.45, 2.75) is 13.5 Å². The van der Waals surface area contributed by atoms with E-state index in [1.165, 1.54) is 12.1 Å². The Morgan fingerprint density at radius 2 is 2.11 bits per heavy atom. The van der Waals surface area contributed by atoms with Gasteiger partial charge in [-0.15, -0.1) is 0 Å². The minimum absolute atomic E-state index is 0.249. The Morgan fingerprint density at radius 3 is 2.95 bits per heavy atom. The van der Waals surface area contributed by atoms with Crippen LogP contribution in [0, 0.1) is 12.7 Å². The van der Waals surface area contributed by atoms with Crippen LogP contribution in [0.15, 0.2) is 42.5 Å². The fourth-order valence-corrected chi connectivity index (χ4v) is 2.00. The zero-order valence-corrected chi connectivity index (χ0v) is 10.5. The molecule has 0 spiro atoms. The van der Waals surface area contributed by atoms with Gasteiger partial charge >= 0.3 is 0 Å². The van der Waals surface area contributed by atoms with Gasteiger partial charge in [0.1, 0.15) is 24.0 Å². The maximum absolute atomic E-state index is 13.0. The first-order chi connectivity index (χ1) is 9.20. The molecule has 3 aromatic rings. The van der Waals surface area contributed by atoms with E-state index >= 15 is 0 Å². The van der Waals surface area contributed by atoms with Crippen LogP contribution in [0.5, 0.6) is 5.75 Å². The van der Waals surface area contributed by atoms with Gasteiger partial charge < -0.3 is 9.72 Å². The summed E-state index contributed by atoms with van der Waals surface area (Å²) in [4.78, 5) is 7.48.